The van der Waals surface area contributed by atoms with Gasteiger partial charge in [-0.05, 0) is 48.7 Å². The molecule has 0 spiro atoms. The Morgan fingerprint density at radius 1 is 0.545 bits per heavy atom. The van der Waals surface area contributed by atoms with Gasteiger partial charge in [-0.3, -0.25) is 19.2 Å². The second kappa shape index (κ2) is 22.5. The molecule has 33 heavy (non-hydrogen) atoms. The molecule has 0 aromatic heterocycles. The average molecular weight is 583 g/mol. The zero-order valence-electron chi connectivity index (χ0n) is 18.4. The van der Waals surface area contributed by atoms with E-state index in [1.807, 2.05) is 0 Å². The minimum atomic E-state index is -0.0454. The quantitative estimate of drug-likeness (QED) is 0.0909. The van der Waals surface area contributed by atoms with Crippen molar-refractivity contribution in [1.82, 2.24) is 0 Å². The Morgan fingerprint density at radius 3 is 1.24 bits per heavy atom. The topological polar surface area (TPSA) is 68.3 Å². The number of carbonyl (C=O) groups is 4. The van der Waals surface area contributed by atoms with Crippen LogP contribution < -0.4 is 0 Å². The van der Waals surface area contributed by atoms with Crippen LogP contribution in [0.2, 0.25) is 0 Å². The highest BCUT2D eigenvalue weighted by atomic mass is 32.2. The summed E-state index contributed by atoms with van der Waals surface area (Å²) in [5, 5.41) is -0.167. The third-order valence-electron chi connectivity index (χ3n) is 3.42. The van der Waals surface area contributed by atoms with Gasteiger partial charge in [0.2, 0.25) is 20.5 Å². The van der Waals surface area contributed by atoms with Gasteiger partial charge >= 0.3 is 0 Å². The van der Waals surface area contributed by atoms with E-state index in [2.05, 4.69) is 26.3 Å². The van der Waals surface area contributed by atoms with Crippen LogP contribution in [0.4, 0.5) is 0 Å². The fourth-order valence-corrected chi connectivity index (χ4v) is 9.58. The van der Waals surface area contributed by atoms with E-state index in [0.717, 1.165) is 35.9 Å². The molecule has 0 aromatic rings. The van der Waals surface area contributed by atoms with Gasteiger partial charge in [-0.1, -0.05) is 73.4 Å². The Balaban J connectivity index is 4.39. The lowest BCUT2D eigenvalue weighted by Gasteiger charge is -2.16. The van der Waals surface area contributed by atoms with Crippen molar-refractivity contribution in [2.75, 3.05) is 34.5 Å². The monoisotopic (exact) mass is 582 g/mol. The second-order valence-electron chi connectivity index (χ2n) is 5.82. The van der Waals surface area contributed by atoms with Gasteiger partial charge < -0.3 is 0 Å². The summed E-state index contributed by atoms with van der Waals surface area (Å²) < 4.78 is 0.229. The van der Waals surface area contributed by atoms with E-state index in [-0.39, 0.29) is 29.6 Å². The van der Waals surface area contributed by atoms with Crippen molar-refractivity contribution < 1.29 is 19.2 Å². The van der Waals surface area contributed by atoms with E-state index in [9.17, 15) is 19.2 Å². The molecule has 0 rings (SSSR count). The van der Waals surface area contributed by atoms with Gasteiger partial charge in [0.1, 0.15) is 0 Å². The minimum Gasteiger partial charge on any atom is -0.282 e. The van der Waals surface area contributed by atoms with Crippen molar-refractivity contribution in [2.45, 2.75) is 22.0 Å². The van der Waals surface area contributed by atoms with Crippen LogP contribution in [-0.2, 0) is 19.2 Å². The average Bonchev–Trinajstić information content (AvgIpc) is 2.82. The van der Waals surface area contributed by atoms with Crippen LogP contribution in [0.3, 0.4) is 0 Å². The standard InChI is InChI=1S/C22H30O4S7/c1-5-17(23)28-13-15-30-21(32-19(25)7-3)9-11-27-12-10-22(33-20(26)8-4)31-16-14-29-18(24)6-2/h5-8,21-22H,1-4,9-16H2. The third kappa shape index (κ3) is 20.0. The molecule has 2 unspecified atom stereocenters. The van der Waals surface area contributed by atoms with Gasteiger partial charge in [-0.15, -0.1) is 23.5 Å². The molecule has 0 radical (unpaired) electrons. The highest BCUT2D eigenvalue weighted by molar-refractivity contribution is 8.26. The largest absolute Gasteiger partial charge is 0.282 e. The lowest BCUT2D eigenvalue weighted by atomic mass is 10.5. The van der Waals surface area contributed by atoms with E-state index in [0.29, 0.717) is 11.5 Å². The van der Waals surface area contributed by atoms with Gasteiger partial charge in [0.15, 0.2) is 0 Å². The first-order chi connectivity index (χ1) is 15.9. The molecule has 0 N–H and O–H groups in total. The molecule has 0 saturated carbocycles. The summed E-state index contributed by atoms with van der Waals surface area (Å²) in [5.41, 5.74) is 0. The molecule has 2 atom stereocenters. The minimum absolute atomic E-state index is 0.0383. The number of thioether (sulfide) groups is 7. The highest BCUT2D eigenvalue weighted by Gasteiger charge is 2.16. The maximum absolute atomic E-state index is 11.8. The summed E-state index contributed by atoms with van der Waals surface area (Å²) in [4.78, 5) is 46.2. The van der Waals surface area contributed by atoms with Crippen LogP contribution >= 0.6 is 82.3 Å². The fourth-order valence-electron chi connectivity index (χ4n) is 1.93. The van der Waals surface area contributed by atoms with E-state index in [1.54, 1.807) is 35.3 Å². The van der Waals surface area contributed by atoms with Gasteiger partial charge in [0.25, 0.3) is 0 Å². The Kier molecular flexibility index (Phi) is 22.6. The second-order valence-corrected chi connectivity index (χ2v) is 14.9. The highest BCUT2D eigenvalue weighted by Crippen LogP contribution is 2.32. The van der Waals surface area contributed by atoms with Crippen molar-refractivity contribution >= 4 is 103 Å². The summed E-state index contributed by atoms with van der Waals surface area (Å²) in [7, 11) is 0. The molecule has 0 amide bonds. The van der Waals surface area contributed by atoms with Gasteiger partial charge in [-0.25, -0.2) is 0 Å². The van der Waals surface area contributed by atoms with Crippen molar-refractivity contribution in [3.63, 3.8) is 0 Å². The summed E-state index contributed by atoms with van der Waals surface area (Å²) in [6, 6.07) is 0. The zero-order valence-corrected chi connectivity index (χ0v) is 24.2. The molecule has 0 aliphatic rings. The van der Waals surface area contributed by atoms with E-state index < -0.39 is 0 Å². The lowest BCUT2D eigenvalue weighted by Crippen LogP contribution is -2.07. The maximum atomic E-state index is 11.8. The van der Waals surface area contributed by atoms with E-state index in [1.165, 1.54) is 71.4 Å². The van der Waals surface area contributed by atoms with Crippen LogP contribution in [0.25, 0.3) is 0 Å². The number of hydrogen-bond donors (Lipinski definition) is 0. The first-order valence-corrected chi connectivity index (χ1v) is 16.9. The molecule has 0 aliphatic heterocycles. The van der Waals surface area contributed by atoms with Crippen molar-refractivity contribution in [3.8, 4) is 0 Å². The Labute approximate surface area is 227 Å². The lowest BCUT2D eigenvalue weighted by molar-refractivity contribution is -0.107. The van der Waals surface area contributed by atoms with Crippen molar-refractivity contribution in [1.29, 1.82) is 0 Å². The molecule has 0 aliphatic carbocycles. The number of hydrogen-bond acceptors (Lipinski definition) is 11. The van der Waals surface area contributed by atoms with Crippen LogP contribution in [0, 0.1) is 0 Å². The van der Waals surface area contributed by atoms with Crippen molar-refractivity contribution in [2.24, 2.45) is 0 Å². The molecular formula is C22H30O4S7. The van der Waals surface area contributed by atoms with Gasteiger partial charge in [-0.2, -0.15) is 11.8 Å². The molecule has 184 valence electrons. The molecule has 0 fully saturated rings. The first-order valence-electron chi connectivity index (χ1n) is 9.91. The molecule has 11 heteroatoms. The van der Waals surface area contributed by atoms with Crippen LogP contribution in [0.15, 0.2) is 50.6 Å². The molecule has 4 nitrogen and oxygen atoms in total. The third-order valence-corrected chi connectivity index (χ3v) is 12.0. The summed E-state index contributed by atoms with van der Waals surface area (Å²) in [5.74, 6) is 4.73. The fraction of sp³-hybridized carbons (Fsp3) is 0.455. The van der Waals surface area contributed by atoms with E-state index in [4.69, 9.17) is 0 Å². The van der Waals surface area contributed by atoms with Crippen LogP contribution in [0.1, 0.15) is 12.8 Å². The van der Waals surface area contributed by atoms with Crippen LogP contribution in [0.5, 0.6) is 0 Å². The van der Waals surface area contributed by atoms with Crippen molar-refractivity contribution in [3.05, 3.63) is 50.6 Å². The molecule has 0 bridgehead atoms. The van der Waals surface area contributed by atoms with Crippen LogP contribution in [-0.4, -0.2) is 64.1 Å². The molecule has 0 aromatic carbocycles. The molecule has 0 saturated heterocycles. The van der Waals surface area contributed by atoms with E-state index >= 15 is 0 Å². The summed E-state index contributed by atoms with van der Waals surface area (Å²) in [6.45, 7) is 14.0. The Morgan fingerprint density at radius 2 is 0.909 bits per heavy atom. The SMILES string of the molecule is C=CC(=O)SCCSC(CCSCCC(SCCSC(=O)C=C)SC(=O)C=C)SC(=O)C=C. The van der Waals surface area contributed by atoms with Gasteiger partial charge in [0.05, 0.1) is 9.16 Å². The Bertz CT molecular complexity index is 626. The predicted octanol–water partition coefficient (Wildman–Crippen LogP) is 6.40. The summed E-state index contributed by atoms with van der Waals surface area (Å²) in [6.07, 6.45) is 7.00. The molecule has 0 heterocycles. The number of carbonyl (C=O) groups excluding carboxylic acids is 4. The Hall–Kier alpha value is 0.0900. The van der Waals surface area contributed by atoms with Gasteiger partial charge in [0, 0.05) is 23.0 Å². The zero-order chi connectivity index (χ0) is 24.9. The smallest absolute Gasteiger partial charge is 0.212 e. The molecular weight excluding hydrogens is 553 g/mol. The maximum Gasteiger partial charge on any atom is 0.212 e. The first kappa shape index (κ1) is 33.1. The normalized spacial score (nSPS) is 12.4. The predicted molar refractivity (Wildman–Crippen MR) is 160 cm³/mol. The number of rotatable bonds is 20. The summed E-state index contributed by atoms with van der Waals surface area (Å²) >= 11 is 10.2.